The molecule has 1 nitrogen and oxygen atoms in total. The third kappa shape index (κ3) is 2.19. The van der Waals surface area contributed by atoms with Gasteiger partial charge in [0, 0.05) is 5.92 Å². The van der Waals surface area contributed by atoms with E-state index in [1.807, 2.05) is 0 Å². The highest BCUT2D eigenvalue weighted by molar-refractivity contribution is 5.20. The smallest absolute Gasteiger partial charge is 0.0532 e. The zero-order valence-corrected chi connectivity index (χ0v) is 11.4. The Morgan fingerprint density at radius 3 is 3.00 bits per heavy atom. The molecule has 4 atom stereocenters. The van der Waals surface area contributed by atoms with E-state index < -0.39 is 0 Å². The highest BCUT2D eigenvalue weighted by Crippen LogP contribution is 2.49. The topological polar surface area (TPSA) is 9.23 Å². The van der Waals surface area contributed by atoms with Crippen LogP contribution in [0.3, 0.4) is 0 Å². The van der Waals surface area contributed by atoms with Crippen LogP contribution < -0.4 is 0 Å². The summed E-state index contributed by atoms with van der Waals surface area (Å²) in [5.74, 6) is 2.50. The van der Waals surface area contributed by atoms with E-state index in [1.165, 1.54) is 38.5 Å². The summed E-state index contributed by atoms with van der Waals surface area (Å²) >= 11 is 0. The maximum atomic E-state index is 5.64. The van der Waals surface area contributed by atoms with Crippen LogP contribution in [0.25, 0.3) is 0 Å². The fraction of sp³-hybridized carbons (Fsp3) is 0.875. The molecule has 0 bridgehead atoms. The lowest BCUT2D eigenvalue weighted by Gasteiger charge is -2.41. The Hall–Kier alpha value is -0.300. The number of fused-ring (bicyclic) bond motifs is 1. The van der Waals surface area contributed by atoms with E-state index in [-0.39, 0.29) is 0 Å². The lowest BCUT2D eigenvalue weighted by Crippen LogP contribution is -2.30. The van der Waals surface area contributed by atoms with E-state index in [1.54, 1.807) is 5.57 Å². The monoisotopic (exact) mass is 234 g/mol. The Morgan fingerprint density at radius 1 is 1.29 bits per heavy atom. The molecular weight excluding hydrogens is 208 g/mol. The standard InChI is InChI=1S/C16H26O/c1-12-4-3-7-16(2,9-12)15-6-5-13-10-17-11-14(13)8-15/h8,12-14H,3-7,9-11H2,1-2H3/t12?,13-,14+,16?/m0/s1. The van der Waals surface area contributed by atoms with Gasteiger partial charge in [-0.3, -0.25) is 0 Å². The Kier molecular flexibility index (Phi) is 3.06. The maximum absolute atomic E-state index is 5.64. The van der Waals surface area contributed by atoms with Gasteiger partial charge in [0.2, 0.25) is 0 Å². The van der Waals surface area contributed by atoms with Crippen LogP contribution in [-0.4, -0.2) is 13.2 Å². The molecule has 96 valence electrons. The van der Waals surface area contributed by atoms with E-state index in [0.717, 1.165) is 31.0 Å². The summed E-state index contributed by atoms with van der Waals surface area (Å²) in [4.78, 5) is 0. The Balaban J connectivity index is 1.78. The predicted molar refractivity (Wildman–Crippen MR) is 70.9 cm³/mol. The van der Waals surface area contributed by atoms with Crippen LogP contribution in [0.1, 0.15) is 52.4 Å². The molecule has 1 aliphatic heterocycles. The van der Waals surface area contributed by atoms with E-state index in [0.29, 0.717) is 5.41 Å². The molecule has 0 aromatic rings. The van der Waals surface area contributed by atoms with Crippen molar-refractivity contribution in [3.8, 4) is 0 Å². The van der Waals surface area contributed by atoms with Gasteiger partial charge in [0.1, 0.15) is 0 Å². The minimum absolute atomic E-state index is 0.519. The molecule has 1 saturated carbocycles. The molecule has 2 unspecified atom stereocenters. The van der Waals surface area contributed by atoms with Crippen LogP contribution in [0.5, 0.6) is 0 Å². The fourth-order valence-corrected chi connectivity index (χ4v) is 4.39. The normalized spacial score (nSPS) is 46.5. The van der Waals surface area contributed by atoms with Gasteiger partial charge in [-0.2, -0.15) is 0 Å². The Morgan fingerprint density at radius 2 is 2.18 bits per heavy atom. The Bertz CT molecular complexity index is 319. The third-order valence-electron chi connectivity index (χ3n) is 5.45. The first-order valence-electron chi connectivity index (χ1n) is 7.46. The molecule has 17 heavy (non-hydrogen) atoms. The van der Waals surface area contributed by atoms with Gasteiger partial charge in [-0.1, -0.05) is 38.3 Å². The molecule has 0 amide bonds. The second kappa shape index (κ2) is 4.42. The lowest BCUT2D eigenvalue weighted by atomic mass is 9.63. The molecule has 3 aliphatic rings. The molecule has 3 rings (SSSR count). The van der Waals surface area contributed by atoms with Crippen molar-refractivity contribution in [1.82, 2.24) is 0 Å². The molecular formula is C16H26O. The second-order valence-corrected chi connectivity index (χ2v) is 6.95. The van der Waals surface area contributed by atoms with Gasteiger partial charge in [0.05, 0.1) is 13.2 Å². The molecule has 0 spiro atoms. The van der Waals surface area contributed by atoms with E-state index in [9.17, 15) is 0 Å². The van der Waals surface area contributed by atoms with Crippen LogP contribution in [0.4, 0.5) is 0 Å². The van der Waals surface area contributed by atoms with Crippen LogP contribution in [-0.2, 0) is 4.74 Å². The van der Waals surface area contributed by atoms with E-state index in [4.69, 9.17) is 4.74 Å². The summed E-state index contributed by atoms with van der Waals surface area (Å²) in [6, 6.07) is 0. The van der Waals surface area contributed by atoms with Crippen molar-refractivity contribution in [3.63, 3.8) is 0 Å². The summed E-state index contributed by atoms with van der Waals surface area (Å²) in [6.07, 6.45) is 11.0. The maximum Gasteiger partial charge on any atom is 0.0532 e. The van der Waals surface area contributed by atoms with Gasteiger partial charge >= 0.3 is 0 Å². The van der Waals surface area contributed by atoms with Gasteiger partial charge in [-0.25, -0.2) is 0 Å². The molecule has 1 heterocycles. The van der Waals surface area contributed by atoms with Crippen molar-refractivity contribution >= 4 is 0 Å². The third-order valence-corrected chi connectivity index (χ3v) is 5.45. The van der Waals surface area contributed by atoms with Crippen molar-refractivity contribution in [2.75, 3.05) is 13.2 Å². The molecule has 2 fully saturated rings. The summed E-state index contributed by atoms with van der Waals surface area (Å²) in [6.45, 7) is 6.95. The molecule has 1 saturated heterocycles. The van der Waals surface area contributed by atoms with Gasteiger partial charge < -0.3 is 4.74 Å². The fourth-order valence-electron chi connectivity index (χ4n) is 4.39. The number of hydrogen-bond donors (Lipinski definition) is 0. The van der Waals surface area contributed by atoms with Crippen molar-refractivity contribution in [2.24, 2.45) is 23.2 Å². The quantitative estimate of drug-likeness (QED) is 0.618. The first kappa shape index (κ1) is 11.8. The largest absolute Gasteiger partial charge is 0.381 e. The zero-order valence-electron chi connectivity index (χ0n) is 11.4. The van der Waals surface area contributed by atoms with Crippen LogP contribution in [0.15, 0.2) is 11.6 Å². The van der Waals surface area contributed by atoms with Gasteiger partial charge in [0.25, 0.3) is 0 Å². The number of rotatable bonds is 1. The van der Waals surface area contributed by atoms with Gasteiger partial charge in [-0.15, -0.1) is 0 Å². The molecule has 0 aromatic heterocycles. The van der Waals surface area contributed by atoms with Crippen molar-refractivity contribution in [2.45, 2.75) is 52.4 Å². The predicted octanol–water partition coefficient (Wildman–Crippen LogP) is 4.19. The van der Waals surface area contributed by atoms with Crippen LogP contribution in [0.2, 0.25) is 0 Å². The second-order valence-electron chi connectivity index (χ2n) is 6.95. The average Bonchev–Trinajstić information content (AvgIpc) is 2.75. The lowest BCUT2D eigenvalue weighted by molar-refractivity contribution is 0.181. The van der Waals surface area contributed by atoms with Crippen molar-refractivity contribution in [1.29, 1.82) is 0 Å². The minimum Gasteiger partial charge on any atom is -0.381 e. The first-order valence-corrected chi connectivity index (χ1v) is 7.46. The molecule has 0 N–H and O–H groups in total. The zero-order chi connectivity index (χ0) is 11.9. The van der Waals surface area contributed by atoms with Crippen molar-refractivity contribution < 1.29 is 4.74 Å². The molecule has 2 aliphatic carbocycles. The highest BCUT2D eigenvalue weighted by atomic mass is 16.5. The van der Waals surface area contributed by atoms with E-state index >= 15 is 0 Å². The van der Waals surface area contributed by atoms with Crippen molar-refractivity contribution in [3.05, 3.63) is 11.6 Å². The van der Waals surface area contributed by atoms with Gasteiger partial charge in [0.15, 0.2) is 0 Å². The molecule has 0 aromatic carbocycles. The van der Waals surface area contributed by atoms with Crippen LogP contribution in [0, 0.1) is 23.2 Å². The molecule has 1 heteroatoms. The SMILES string of the molecule is CC1CCCC(C)(C2=C[C@@H]3COC[C@@H]3CC2)C1. The molecule has 0 radical (unpaired) electrons. The Labute approximate surface area is 106 Å². The highest BCUT2D eigenvalue weighted by Gasteiger charge is 2.38. The average molecular weight is 234 g/mol. The number of ether oxygens (including phenoxy) is 1. The summed E-state index contributed by atoms with van der Waals surface area (Å²) < 4.78 is 5.64. The summed E-state index contributed by atoms with van der Waals surface area (Å²) in [7, 11) is 0. The number of allylic oxidation sites excluding steroid dienone is 1. The summed E-state index contributed by atoms with van der Waals surface area (Å²) in [5, 5.41) is 0. The van der Waals surface area contributed by atoms with Crippen LogP contribution >= 0.6 is 0 Å². The minimum atomic E-state index is 0.519. The first-order chi connectivity index (χ1) is 8.17. The van der Waals surface area contributed by atoms with Gasteiger partial charge in [-0.05, 0) is 42.9 Å². The summed E-state index contributed by atoms with van der Waals surface area (Å²) in [5.41, 5.74) is 2.29. The van der Waals surface area contributed by atoms with E-state index in [2.05, 4.69) is 19.9 Å². The number of hydrogen-bond acceptors (Lipinski definition) is 1.